The third-order valence-corrected chi connectivity index (χ3v) is 3.57. The molecule has 2 amide bonds. The maximum Gasteiger partial charge on any atom is 0.276 e. The number of benzene rings is 2. The van der Waals surface area contributed by atoms with Crippen molar-refractivity contribution in [2.75, 3.05) is 6.61 Å². The number of hydrazine groups is 1. The summed E-state index contributed by atoms with van der Waals surface area (Å²) in [5, 5.41) is 10.6. The molecular formula is C17H17N3O5. The maximum absolute atomic E-state index is 11.9. The molecule has 0 saturated carbocycles. The Bertz CT molecular complexity index is 802. The number of carbonyl (C=O) groups excluding carboxylic acids is 2. The molecule has 0 bridgehead atoms. The molecule has 2 rings (SSSR count). The Balaban J connectivity index is 1.84. The van der Waals surface area contributed by atoms with Gasteiger partial charge in [0.05, 0.1) is 4.92 Å². The highest BCUT2D eigenvalue weighted by Crippen LogP contribution is 2.20. The van der Waals surface area contributed by atoms with Crippen LogP contribution in [0.4, 0.5) is 5.69 Å². The largest absolute Gasteiger partial charge is 0.483 e. The SMILES string of the molecule is Cc1cccc(OCC(=O)NNC(=O)c2ccc([N+](=O)[O-])cc2)c1C. The highest BCUT2D eigenvalue weighted by atomic mass is 16.6. The molecule has 2 N–H and O–H groups in total. The third kappa shape index (κ3) is 4.77. The number of non-ortho nitro benzene ring substituents is 1. The van der Waals surface area contributed by atoms with E-state index in [1.807, 2.05) is 26.0 Å². The Morgan fingerprint density at radius 3 is 2.40 bits per heavy atom. The summed E-state index contributed by atoms with van der Waals surface area (Å²) in [4.78, 5) is 33.6. The zero-order valence-corrected chi connectivity index (χ0v) is 13.7. The topological polar surface area (TPSA) is 111 Å². The molecule has 0 aliphatic heterocycles. The summed E-state index contributed by atoms with van der Waals surface area (Å²) in [6.07, 6.45) is 0. The maximum atomic E-state index is 11.9. The Hall–Kier alpha value is -3.42. The van der Waals surface area contributed by atoms with Gasteiger partial charge in [-0.1, -0.05) is 12.1 Å². The average Bonchev–Trinajstić information content (AvgIpc) is 2.61. The number of rotatable bonds is 5. The lowest BCUT2D eigenvalue weighted by molar-refractivity contribution is -0.384. The first-order valence-electron chi connectivity index (χ1n) is 7.41. The van der Waals surface area contributed by atoms with E-state index in [0.29, 0.717) is 5.75 Å². The second-order valence-corrected chi connectivity index (χ2v) is 5.29. The van der Waals surface area contributed by atoms with Gasteiger partial charge in [-0.05, 0) is 43.2 Å². The van der Waals surface area contributed by atoms with Gasteiger partial charge in [-0.25, -0.2) is 0 Å². The lowest BCUT2D eigenvalue weighted by Crippen LogP contribution is -2.43. The molecule has 2 aromatic carbocycles. The number of hydrogen-bond donors (Lipinski definition) is 2. The number of carbonyl (C=O) groups is 2. The zero-order chi connectivity index (χ0) is 18.4. The number of amides is 2. The molecule has 0 radical (unpaired) electrons. The van der Waals surface area contributed by atoms with E-state index in [4.69, 9.17) is 4.74 Å². The Morgan fingerprint density at radius 1 is 1.08 bits per heavy atom. The molecule has 0 heterocycles. The monoisotopic (exact) mass is 343 g/mol. The van der Waals surface area contributed by atoms with Crippen LogP contribution in [-0.4, -0.2) is 23.3 Å². The van der Waals surface area contributed by atoms with Crippen LogP contribution in [0.1, 0.15) is 21.5 Å². The fourth-order valence-electron chi connectivity index (χ4n) is 1.99. The van der Waals surface area contributed by atoms with E-state index in [1.165, 1.54) is 24.3 Å². The van der Waals surface area contributed by atoms with E-state index < -0.39 is 16.7 Å². The van der Waals surface area contributed by atoms with Crippen LogP contribution in [0.2, 0.25) is 0 Å². The Morgan fingerprint density at radius 2 is 1.76 bits per heavy atom. The van der Waals surface area contributed by atoms with E-state index in [2.05, 4.69) is 10.9 Å². The van der Waals surface area contributed by atoms with Crippen LogP contribution in [0.25, 0.3) is 0 Å². The lowest BCUT2D eigenvalue weighted by Gasteiger charge is -2.11. The fraction of sp³-hybridized carbons (Fsp3) is 0.176. The van der Waals surface area contributed by atoms with Gasteiger partial charge in [0.2, 0.25) is 0 Å². The molecule has 0 fully saturated rings. The minimum absolute atomic E-state index is 0.123. The highest BCUT2D eigenvalue weighted by molar-refractivity contribution is 5.95. The smallest absolute Gasteiger partial charge is 0.276 e. The van der Waals surface area contributed by atoms with Crippen LogP contribution in [0.15, 0.2) is 42.5 Å². The Labute approximate surface area is 143 Å². The molecule has 130 valence electrons. The predicted octanol–water partition coefficient (Wildman–Crippen LogP) is 2.05. The van der Waals surface area contributed by atoms with Gasteiger partial charge in [-0.3, -0.25) is 30.6 Å². The minimum Gasteiger partial charge on any atom is -0.483 e. The van der Waals surface area contributed by atoms with Crippen molar-refractivity contribution in [2.24, 2.45) is 0 Å². The number of nitrogens with zero attached hydrogens (tertiary/aromatic N) is 1. The second-order valence-electron chi connectivity index (χ2n) is 5.29. The minimum atomic E-state index is -0.588. The molecular weight excluding hydrogens is 326 g/mol. The van der Waals surface area contributed by atoms with Gasteiger partial charge < -0.3 is 4.74 Å². The van der Waals surface area contributed by atoms with E-state index in [0.717, 1.165) is 11.1 Å². The number of aryl methyl sites for hydroxylation is 1. The van der Waals surface area contributed by atoms with E-state index in [9.17, 15) is 19.7 Å². The first kappa shape index (κ1) is 17.9. The number of ether oxygens (including phenoxy) is 1. The van der Waals surface area contributed by atoms with Crippen LogP contribution in [-0.2, 0) is 4.79 Å². The van der Waals surface area contributed by atoms with Gasteiger partial charge in [0.1, 0.15) is 5.75 Å². The normalized spacial score (nSPS) is 10.0. The van der Waals surface area contributed by atoms with Gasteiger partial charge in [-0.15, -0.1) is 0 Å². The first-order valence-corrected chi connectivity index (χ1v) is 7.41. The number of nitrogens with one attached hydrogen (secondary N) is 2. The fourth-order valence-corrected chi connectivity index (χ4v) is 1.99. The molecule has 8 heteroatoms. The molecule has 0 unspecified atom stereocenters. The van der Waals surface area contributed by atoms with E-state index in [1.54, 1.807) is 6.07 Å². The van der Waals surface area contributed by atoms with Crippen molar-refractivity contribution in [2.45, 2.75) is 13.8 Å². The van der Waals surface area contributed by atoms with Crippen LogP contribution in [0, 0.1) is 24.0 Å². The van der Waals surface area contributed by atoms with Crippen molar-refractivity contribution in [3.63, 3.8) is 0 Å². The van der Waals surface area contributed by atoms with Crippen molar-refractivity contribution < 1.29 is 19.2 Å². The third-order valence-electron chi connectivity index (χ3n) is 3.57. The lowest BCUT2D eigenvalue weighted by atomic mass is 10.1. The standard InChI is InChI=1S/C17H17N3O5/c1-11-4-3-5-15(12(11)2)25-10-16(21)18-19-17(22)13-6-8-14(9-7-13)20(23)24/h3-9H,10H2,1-2H3,(H,18,21)(H,19,22). The van der Waals surface area contributed by atoms with Gasteiger partial charge in [0, 0.05) is 17.7 Å². The summed E-state index contributed by atoms with van der Waals surface area (Å²) < 4.78 is 5.42. The summed E-state index contributed by atoms with van der Waals surface area (Å²) in [7, 11) is 0. The van der Waals surface area contributed by atoms with Crippen molar-refractivity contribution in [1.29, 1.82) is 0 Å². The van der Waals surface area contributed by atoms with Gasteiger partial charge in [0.15, 0.2) is 6.61 Å². The van der Waals surface area contributed by atoms with Crippen molar-refractivity contribution in [3.8, 4) is 5.75 Å². The van der Waals surface area contributed by atoms with Gasteiger partial charge in [0.25, 0.3) is 17.5 Å². The van der Waals surface area contributed by atoms with E-state index >= 15 is 0 Å². The zero-order valence-electron chi connectivity index (χ0n) is 13.7. The van der Waals surface area contributed by atoms with Crippen molar-refractivity contribution in [1.82, 2.24) is 10.9 Å². The first-order chi connectivity index (χ1) is 11.9. The summed E-state index contributed by atoms with van der Waals surface area (Å²) in [6, 6.07) is 10.5. The van der Waals surface area contributed by atoms with Crippen LogP contribution < -0.4 is 15.6 Å². The summed E-state index contributed by atoms with van der Waals surface area (Å²) in [5.74, 6) is -0.525. The number of nitro groups is 1. The molecule has 0 saturated heterocycles. The molecule has 0 aliphatic rings. The summed E-state index contributed by atoms with van der Waals surface area (Å²) >= 11 is 0. The highest BCUT2D eigenvalue weighted by Gasteiger charge is 2.11. The van der Waals surface area contributed by atoms with Crippen molar-refractivity contribution >= 4 is 17.5 Å². The number of nitro benzene ring substituents is 1. The van der Waals surface area contributed by atoms with Crippen LogP contribution in [0.5, 0.6) is 5.75 Å². The predicted molar refractivity (Wildman–Crippen MR) is 90.1 cm³/mol. The van der Waals surface area contributed by atoms with Crippen LogP contribution in [0.3, 0.4) is 0 Å². The van der Waals surface area contributed by atoms with Gasteiger partial charge in [-0.2, -0.15) is 0 Å². The van der Waals surface area contributed by atoms with Gasteiger partial charge >= 0.3 is 0 Å². The average molecular weight is 343 g/mol. The molecule has 8 nitrogen and oxygen atoms in total. The summed E-state index contributed by atoms with van der Waals surface area (Å²) in [6.45, 7) is 3.57. The molecule has 0 spiro atoms. The molecule has 0 aliphatic carbocycles. The summed E-state index contributed by atoms with van der Waals surface area (Å²) in [5.41, 5.74) is 6.49. The molecule has 0 atom stereocenters. The van der Waals surface area contributed by atoms with E-state index in [-0.39, 0.29) is 17.9 Å². The van der Waals surface area contributed by atoms with Crippen LogP contribution >= 0.6 is 0 Å². The Kier molecular flexibility index (Phi) is 5.67. The number of hydrogen-bond acceptors (Lipinski definition) is 5. The molecule has 25 heavy (non-hydrogen) atoms. The van der Waals surface area contributed by atoms with Crippen molar-refractivity contribution in [3.05, 3.63) is 69.3 Å². The quantitative estimate of drug-likeness (QED) is 0.638. The second kappa shape index (κ2) is 7.91. The molecule has 2 aromatic rings. The molecule has 0 aromatic heterocycles.